The van der Waals surface area contributed by atoms with Gasteiger partial charge in [0, 0.05) is 0 Å². The molecule has 1 unspecified atom stereocenters. The number of fused-ring (bicyclic) bond motifs is 1. The first kappa shape index (κ1) is 13.1. The van der Waals surface area contributed by atoms with Gasteiger partial charge >= 0.3 is 5.97 Å². The van der Waals surface area contributed by atoms with Crippen LogP contribution in [0.5, 0.6) is 0 Å². The molecule has 2 aromatic carbocycles. The zero-order valence-electron chi connectivity index (χ0n) is 10.2. The minimum atomic E-state index is -0.289. The van der Waals surface area contributed by atoms with Crippen LogP contribution >= 0.6 is 15.9 Å². The molecule has 0 aliphatic rings. The number of carbonyl (C=O) groups is 1. The minimum absolute atomic E-state index is 0.203. The average Bonchev–Trinajstić information content (AvgIpc) is 2.39. The van der Waals surface area contributed by atoms with Gasteiger partial charge < -0.3 is 4.74 Å². The highest BCUT2D eigenvalue weighted by Gasteiger charge is 2.17. The van der Waals surface area contributed by atoms with Crippen LogP contribution in [-0.2, 0) is 16.0 Å². The SMILES string of the molecule is CCOC(=O)C(Br)Cc1cccc2ccccc12. The highest BCUT2D eigenvalue weighted by molar-refractivity contribution is 9.10. The molecular weight excluding hydrogens is 292 g/mol. The monoisotopic (exact) mass is 306 g/mol. The Labute approximate surface area is 115 Å². The van der Waals surface area contributed by atoms with Crippen LogP contribution in [0.4, 0.5) is 0 Å². The molecular formula is C15H15BrO2. The third kappa shape index (κ3) is 2.91. The van der Waals surface area contributed by atoms with Crippen LogP contribution in [0.15, 0.2) is 42.5 Å². The van der Waals surface area contributed by atoms with Crippen molar-refractivity contribution in [2.75, 3.05) is 6.61 Å². The van der Waals surface area contributed by atoms with Crippen LogP contribution in [0.1, 0.15) is 12.5 Å². The maximum absolute atomic E-state index is 11.6. The fourth-order valence-electron chi connectivity index (χ4n) is 1.98. The molecule has 0 spiro atoms. The zero-order chi connectivity index (χ0) is 13.0. The van der Waals surface area contributed by atoms with Gasteiger partial charge in [-0.25, -0.2) is 0 Å². The van der Waals surface area contributed by atoms with Gasteiger partial charge in [-0.05, 0) is 29.7 Å². The molecule has 0 radical (unpaired) electrons. The van der Waals surface area contributed by atoms with E-state index < -0.39 is 0 Å². The standard InChI is InChI=1S/C15H15BrO2/c1-2-18-15(17)14(16)10-12-8-5-7-11-6-3-4-9-13(11)12/h3-9,14H,2,10H2,1H3. The lowest BCUT2D eigenvalue weighted by Crippen LogP contribution is -2.19. The van der Waals surface area contributed by atoms with E-state index in [9.17, 15) is 4.79 Å². The number of alkyl halides is 1. The van der Waals surface area contributed by atoms with E-state index in [0.717, 1.165) is 5.56 Å². The zero-order valence-corrected chi connectivity index (χ0v) is 11.8. The quantitative estimate of drug-likeness (QED) is 0.636. The van der Waals surface area contributed by atoms with Gasteiger partial charge in [0.15, 0.2) is 0 Å². The van der Waals surface area contributed by atoms with Gasteiger partial charge in [0.25, 0.3) is 0 Å². The van der Waals surface area contributed by atoms with E-state index >= 15 is 0 Å². The number of benzene rings is 2. The second-order valence-electron chi connectivity index (χ2n) is 4.06. The molecule has 2 rings (SSSR count). The number of esters is 1. The van der Waals surface area contributed by atoms with Crippen LogP contribution in [0.2, 0.25) is 0 Å². The van der Waals surface area contributed by atoms with Crippen molar-refractivity contribution in [2.45, 2.75) is 18.2 Å². The van der Waals surface area contributed by atoms with Crippen LogP contribution in [0, 0.1) is 0 Å². The third-order valence-electron chi connectivity index (χ3n) is 2.82. The lowest BCUT2D eigenvalue weighted by atomic mass is 10.0. The normalized spacial score (nSPS) is 12.3. The molecule has 2 aromatic rings. The summed E-state index contributed by atoms with van der Waals surface area (Å²) in [5.41, 5.74) is 1.16. The number of hydrogen-bond acceptors (Lipinski definition) is 2. The highest BCUT2D eigenvalue weighted by atomic mass is 79.9. The van der Waals surface area contributed by atoms with E-state index in [1.807, 2.05) is 25.1 Å². The van der Waals surface area contributed by atoms with E-state index in [1.54, 1.807) is 0 Å². The van der Waals surface area contributed by atoms with Crippen molar-refractivity contribution < 1.29 is 9.53 Å². The largest absolute Gasteiger partial charge is 0.465 e. The Kier molecular flexibility index (Phi) is 4.37. The average molecular weight is 307 g/mol. The molecule has 0 amide bonds. The molecule has 0 fully saturated rings. The topological polar surface area (TPSA) is 26.3 Å². The predicted octanol–water partition coefficient (Wildman–Crippen LogP) is 3.71. The number of ether oxygens (including phenoxy) is 1. The predicted molar refractivity (Wildman–Crippen MR) is 77.0 cm³/mol. The van der Waals surface area contributed by atoms with Crippen LogP contribution in [-0.4, -0.2) is 17.4 Å². The number of halogens is 1. The second-order valence-corrected chi connectivity index (χ2v) is 5.17. The molecule has 3 heteroatoms. The van der Waals surface area contributed by atoms with E-state index in [4.69, 9.17) is 4.74 Å². The van der Waals surface area contributed by atoms with Crippen molar-refractivity contribution >= 4 is 32.7 Å². The summed E-state index contributed by atoms with van der Waals surface area (Å²) < 4.78 is 5.00. The summed E-state index contributed by atoms with van der Waals surface area (Å²) in [4.78, 5) is 11.3. The van der Waals surface area contributed by atoms with Gasteiger partial charge in [-0.15, -0.1) is 0 Å². The summed E-state index contributed by atoms with van der Waals surface area (Å²) in [5, 5.41) is 2.38. The van der Waals surface area contributed by atoms with Crippen molar-refractivity contribution in [3.63, 3.8) is 0 Å². The van der Waals surface area contributed by atoms with Crippen molar-refractivity contribution in [1.82, 2.24) is 0 Å². The first-order chi connectivity index (χ1) is 8.72. The summed E-state index contributed by atoms with van der Waals surface area (Å²) in [5.74, 6) is -0.203. The van der Waals surface area contributed by atoms with Crippen molar-refractivity contribution in [3.05, 3.63) is 48.0 Å². The molecule has 0 saturated carbocycles. The Morgan fingerprint density at radius 2 is 1.94 bits per heavy atom. The number of carbonyl (C=O) groups excluding carboxylic acids is 1. The Morgan fingerprint density at radius 1 is 1.22 bits per heavy atom. The molecule has 0 aliphatic carbocycles. The minimum Gasteiger partial charge on any atom is -0.465 e. The Balaban J connectivity index is 2.24. The molecule has 18 heavy (non-hydrogen) atoms. The molecule has 0 aliphatic heterocycles. The Bertz CT molecular complexity index is 546. The summed E-state index contributed by atoms with van der Waals surface area (Å²) in [6.45, 7) is 2.23. The second kappa shape index (κ2) is 6.01. The van der Waals surface area contributed by atoms with E-state index in [0.29, 0.717) is 13.0 Å². The third-order valence-corrected chi connectivity index (χ3v) is 3.52. The summed E-state index contributed by atoms with van der Waals surface area (Å²) in [6, 6.07) is 14.3. The Hall–Kier alpha value is -1.35. The van der Waals surface area contributed by atoms with Crippen LogP contribution in [0.25, 0.3) is 10.8 Å². The summed E-state index contributed by atoms with van der Waals surface area (Å²) in [6.07, 6.45) is 0.639. The van der Waals surface area contributed by atoms with Gasteiger partial charge in [0.1, 0.15) is 4.83 Å². The van der Waals surface area contributed by atoms with E-state index in [1.165, 1.54) is 10.8 Å². The van der Waals surface area contributed by atoms with Crippen molar-refractivity contribution in [2.24, 2.45) is 0 Å². The number of hydrogen-bond donors (Lipinski definition) is 0. The highest BCUT2D eigenvalue weighted by Crippen LogP contribution is 2.21. The summed E-state index contributed by atoms with van der Waals surface area (Å²) >= 11 is 3.39. The fourth-order valence-corrected chi connectivity index (χ4v) is 2.46. The molecule has 0 saturated heterocycles. The maximum Gasteiger partial charge on any atom is 0.320 e. The van der Waals surface area contributed by atoms with E-state index in [2.05, 4.69) is 40.2 Å². The van der Waals surface area contributed by atoms with Crippen molar-refractivity contribution in [3.8, 4) is 0 Å². The van der Waals surface area contributed by atoms with Crippen LogP contribution < -0.4 is 0 Å². The Morgan fingerprint density at radius 3 is 2.72 bits per heavy atom. The first-order valence-electron chi connectivity index (χ1n) is 5.99. The van der Waals surface area contributed by atoms with Gasteiger partial charge in [0.05, 0.1) is 6.61 Å². The fraction of sp³-hybridized carbons (Fsp3) is 0.267. The molecule has 0 N–H and O–H groups in total. The molecule has 0 heterocycles. The molecule has 1 atom stereocenters. The van der Waals surface area contributed by atoms with Crippen LogP contribution in [0.3, 0.4) is 0 Å². The lowest BCUT2D eigenvalue weighted by molar-refractivity contribution is -0.142. The van der Waals surface area contributed by atoms with Gasteiger partial charge in [0.2, 0.25) is 0 Å². The van der Waals surface area contributed by atoms with Gasteiger partial charge in [-0.1, -0.05) is 58.4 Å². The first-order valence-corrected chi connectivity index (χ1v) is 6.91. The van der Waals surface area contributed by atoms with Gasteiger partial charge in [-0.2, -0.15) is 0 Å². The molecule has 0 bridgehead atoms. The summed E-state index contributed by atoms with van der Waals surface area (Å²) in [7, 11) is 0. The molecule has 0 aromatic heterocycles. The van der Waals surface area contributed by atoms with Crippen molar-refractivity contribution in [1.29, 1.82) is 0 Å². The maximum atomic E-state index is 11.6. The van der Waals surface area contributed by atoms with E-state index in [-0.39, 0.29) is 10.8 Å². The van der Waals surface area contributed by atoms with Gasteiger partial charge in [-0.3, -0.25) is 4.79 Å². The molecule has 94 valence electrons. The lowest BCUT2D eigenvalue weighted by Gasteiger charge is -2.11. The number of rotatable bonds is 4. The molecule has 2 nitrogen and oxygen atoms in total. The smallest absolute Gasteiger partial charge is 0.320 e.